The van der Waals surface area contributed by atoms with Crippen LogP contribution in [0.5, 0.6) is 0 Å². The summed E-state index contributed by atoms with van der Waals surface area (Å²) in [6.45, 7) is 5.27. The first kappa shape index (κ1) is 25.0. The molecule has 0 spiro atoms. The van der Waals surface area contributed by atoms with E-state index in [-0.39, 0.29) is 5.91 Å². The van der Waals surface area contributed by atoms with Crippen molar-refractivity contribution in [3.8, 4) is 6.07 Å². The highest BCUT2D eigenvalue weighted by Crippen LogP contribution is 2.38. The molecule has 1 saturated heterocycles. The van der Waals surface area contributed by atoms with Crippen molar-refractivity contribution in [2.75, 3.05) is 18.4 Å². The number of carbonyl (C=O) groups excluding carboxylic acids is 1. The minimum Gasteiger partial charge on any atom is -0.378 e. The lowest BCUT2D eigenvalue weighted by Gasteiger charge is -2.26. The van der Waals surface area contributed by atoms with Crippen molar-refractivity contribution < 1.29 is 4.79 Å². The van der Waals surface area contributed by atoms with Gasteiger partial charge in [-0.05, 0) is 66.8 Å². The van der Waals surface area contributed by atoms with Gasteiger partial charge in [0.05, 0.1) is 45.5 Å². The molecule has 0 radical (unpaired) electrons. The van der Waals surface area contributed by atoms with E-state index < -0.39 is 0 Å². The fraction of sp³-hybridized carbons (Fsp3) is 0.367. The number of fused-ring (bicyclic) bond motifs is 1. The van der Waals surface area contributed by atoms with E-state index in [1.165, 1.54) is 17.4 Å². The second-order valence-corrected chi connectivity index (χ2v) is 10.7. The summed E-state index contributed by atoms with van der Waals surface area (Å²) in [6.07, 6.45) is 10.3. The van der Waals surface area contributed by atoms with Gasteiger partial charge in [0.15, 0.2) is 0 Å². The highest BCUT2D eigenvalue weighted by Gasteiger charge is 2.25. The maximum Gasteiger partial charge on any atom is 0.264 e. The van der Waals surface area contributed by atoms with Crippen LogP contribution in [0.25, 0.3) is 10.1 Å². The van der Waals surface area contributed by atoms with E-state index in [0.717, 1.165) is 71.7 Å². The van der Waals surface area contributed by atoms with Crippen LogP contribution in [0.4, 0.5) is 5.69 Å². The van der Waals surface area contributed by atoms with Gasteiger partial charge in [0.1, 0.15) is 0 Å². The molecule has 37 heavy (non-hydrogen) atoms. The van der Waals surface area contributed by atoms with Crippen LogP contribution < -0.4 is 5.32 Å². The molecule has 1 aliphatic heterocycles. The highest BCUT2D eigenvalue weighted by atomic mass is 32.1. The van der Waals surface area contributed by atoms with Gasteiger partial charge in [-0.15, -0.1) is 11.3 Å². The lowest BCUT2D eigenvalue weighted by molar-refractivity contribution is 0.0728. The number of hydrogen-bond donors (Lipinski definition) is 1. The molecule has 1 N–H and O–H groups in total. The number of amides is 1. The number of rotatable bonds is 9. The molecule has 0 aliphatic carbocycles. The number of anilines is 1. The molecule has 0 unspecified atom stereocenters. The maximum absolute atomic E-state index is 13.6. The van der Waals surface area contributed by atoms with Gasteiger partial charge in [0, 0.05) is 25.8 Å². The van der Waals surface area contributed by atoms with Crippen LogP contribution in [-0.2, 0) is 19.5 Å². The standard InChI is InChI=1S/C30H33N5OS/c1-2-3-8-26-25-9-7-10-27(28(25)37-29(26)30(36)34-15-5-4-6-16-34)33-19-24-18-32-21-35(24)20-23-13-11-22(17-31)12-14-23/h7,9-14,18,21,33H,2-6,8,15-16,19-20H2,1H3. The lowest BCUT2D eigenvalue weighted by atomic mass is 10.0. The van der Waals surface area contributed by atoms with Crippen LogP contribution in [0.2, 0.25) is 0 Å². The average Bonchev–Trinajstić information content (AvgIpc) is 3.55. The number of aryl methyl sites for hydroxylation is 1. The predicted molar refractivity (Wildman–Crippen MR) is 150 cm³/mol. The van der Waals surface area contributed by atoms with Gasteiger partial charge in [-0.2, -0.15) is 5.26 Å². The number of nitriles is 1. The SMILES string of the molecule is CCCCc1c(C(=O)N2CCCCC2)sc2c(NCc3cncn3Cc3ccc(C#N)cc3)cccc12. The number of aromatic nitrogens is 2. The van der Waals surface area contributed by atoms with Gasteiger partial charge in [-0.3, -0.25) is 4.79 Å². The van der Waals surface area contributed by atoms with Crippen molar-refractivity contribution in [3.63, 3.8) is 0 Å². The Morgan fingerprint density at radius 3 is 2.70 bits per heavy atom. The molecule has 0 bridgehead atoms. The minimum atomic E-state index is 0.207. The number of benzene rings is 2. The summed E-state index contributed by atoms with van der Waals surface area (Å²) in [4.78, 5) is 20.9. The zero-order valence-corrected chi connectivity index (χ0v) is 22.2. The summed E-state index contributed by atoms with van der Waals surface area (Å²) < 4.78 is 3.29. The molecule has 5 rings (SSSR count). The largest absolute Gasteiger partial charge is 0.378 e. The van der Waals surface area contributed by atoms with Crippen LogP contribution in [0.3, 0.4) is 0 Å². The van der Waals surface area contributed by atoms with Gasteiger partial charge in [-0.1, -0.05) is 37.6 Å². The summed E-state index contributed by atoms with van der Waals surface area (Å²) >= 11 is 1.65. The van der Waals surface area contributed by atoms with Gasteiger partial charge in [-0.25, -0.2) is 4.98 Å². The molecule has 2 aromatic carbocycles. The molecule has 1 fully saturated rings. The molecule has 1 amide bonds. The molecule has 7 heteroatoms. The number of nitrogens with zero attached hydrogens (tertiary/aromatic N) is 4. The fourth-order valence-electron chi connectivity index (χ4n) is 5.03. The third kappa shape index (κ3) is 5.55. The molecule has 190 valence electrons. The van der Waals surface area contributed by atoms with Gasteiger partial charge in [0.2, 0.25) is 0 Å². The second kappa shape index (κ2) is 11.6. The van der Waals surface area contributed by atoms with E-state index in [1.807, 2.05) is 36.8 Å². The summed E-state index contributed by atoms with van der Waals surface area (Å²) in [7, 11) is 0. The number of imidazole rings is 1. The number of unbranched alkanes of at least 4 members (excludes halogenated alkanes) is 1. The number of carbonyl (C=O) groups is 1. The number of likely N-dealkylation sites (tertiary alicyclic amines) is 1. The summed E-state index contributed by atoms with van der Waals surface area (Å²) in [5.74, 6) is 0.207. The van der Waals surface area contributed by atoms with Crippen molar-refractivity contribution in [3.05, 3.63) is 82.3 Å². The predicted octanol–water partition coefficient (Wildman–Crippen LogP) is 6.60. The molecular formula is C30H33N5OS. The van der Waals surface area contributed by atoms with E-state index in [4.69, 9.17) is 5.26 Å². The van der Waals surface area contributed by atoms with Gasteiger partial charge in [0.25, 0.3) is 5.91 Å². The minimum absolute atomic E-state index is 0.207. The van der Waals surface area contributed by atoms with Gasteiger partial charge >= 0.3 is 0 Å². The van der Waals surface area contributed by atoms with E-state index in [0.29, 0.717) is 18.7 Å². The molecule has 1 aliphatic rings. The Bertz CT molecular complexity index is 1410. The third-order valence-corrected chi connectivity index (χ3v) is 8.40. The molecule has 4 aromatic rings. The third-order valence-electron chi connectivity index (χ3n) is 7.13. The average molecular weight is 512 g/mol. The molecule has 3 heterocycles. The normalized spacial score (nSPS) is 13.6. The Morgan fingerprint density at radius 1 is 1.14 bits per heavy atom. The smallest absolute Gasteiger partial charge is 0.264 e. The topological polar surface area (TPSA) is 74.0 Å². The molecule has 2 aromatic heterocycles. The van der Waals surface area contributed by atoms with Crippen LogP contribution >= 0.6 is 11.3 Å². The van der Waals surface area contributed by atoms with Crippen molar-refractivity contribution in [2.45, 2.75) is 58.5 Å². The highest BCUT2D eigenvalue weighted by molar-refractivity contribution is 7.21. The Labute approximate surface area is 222 Å². The van der Waals surface area contributed by atoms with E-state index >= 15 is 0 Å². The van der Waals surface area contributed by atoms with E-state index in [9.17, 15) is 4.79 Å². The second-order valence-electron chi connectivity index (χ2n) is 9.72. The van der Waals surface area contributed by atoms with Gasteiger partial charge < -0.3 is 14.8 Å². The Morgan fingerprint density at radius 2 is 1.95 bits per heavy atom. The summed E-state index contributed by atoms with van der Waals surface area (Å²) in [5, 5.41) is 13.9. The first-order valence-electron chi connectivity index (χ1n) is 13.2. The van der Waals surface area contributed by atoms with Crippen LogP contribution in [-0.4, -0.2) is 33.4 Å². The number of hydrogen-bond acceptors (Lipinski definition) is 5. The summed E-state index contributed by atoms with van der Waals surface area (Å²) in [5.41, 5.74) is 5.14. The molecular weight excluding hydrogens is 478 g/mol. The molecule has 0 atom stereocenters. The van der Waals surface area contributed by atoms with Crippen LogP contribution in [0.1, 0.15) is 71.1 Å². The zero-order valence-electron chi connectivity index (χ0n) is 21.4. The first-order chi connectivity index (χ1) is 18.2. The first-order valence-corrected chi connectivity index (χ1v) is 14.0. The number of thiophene rings is 1. The number of nitrogens with one attached hydrogen (secondary N) is 1. The quantitative estimate of drug-likeness (QED) is 0.275. The number of piperidine rings is 1. The van der Waals surface area contributed by atoms with Crippen LogP contribution in [0, 0.1) is 11.3 Å². The van der Waals surface area contributed by atoms with Crippen molar-refractivity contribution in [1.82, 2.24) is 14.5 Å². The lowest BCUT2D eigenvalue weighted by Crippen LogP contribution is -2.35. The van der Waals surface area contributed by atoms with Crippen LogP contribution in [0.15, 0.2) is 55.0 Å². The monoisotopic (exact) mass is 511 g/mol. The Hall–Kier alpha value is -3.63. The summed E-state index contributed by atoms with van der Waals surface area (Å²) in [6, 6.07) is 16.2. The van der Waals surface area contributed by atoms with Crippen molar-refractivity contribution in [1.29, 1.82) is 5.26 Å². The van der Waals surface area contributed by atoms with E-state index in [2.05, 4.69) is 51.0 Å². The van der Waals surface area contributed by atoms with Crippen molar-refractivity contribution >= 4 is 33.0 Å². The Kier molecular flexibility index (Phi) is 7.86. The molecule has 0 saturated carbocycles. The van der Waals surface area contributed by atoms with Crippen molar-refractivity contribution in [2.24, 2.45) is 0 Å². The zero-order chi connectivity index (χ0) is 25.6. The van der Waals surface area contributed by atoms with E-state index in [1.54, 1.807) is 11.3 Å². The molecule has 6 nitrogen and oxygen atoms in total. The Balaban J connectivity index is 1.38. The fourth-order valence-corrected chi connectivity index (χ4v) is 6.34. The maximum atomic E-state index is 13.6.